The van der Waals surface area contributed by atoms with Crippen molar-refractivity contribution in [1.29, 1.82) is 0 Å². The largest absolute Gasteiger partial charge is 0.493 e. The monoisotopic (exact) mass is 303 g/mol. The number of nitrogens with zero attached hydrogens (tertiary/aromatic N) is 1. The number of methoxy groups -OCH3 is 1. The normalized spacial score (nSPS) is 12.8. The number of rotatable bonds is 7. The average molecular weight is 303 g/mol. The van der Waals surface area contributed by atoms with Crippen LogP contribution in [0, 0.1) is 10.1 Å². The van der Waals surface area contributed by atoms with Crippen LogP contribution in [0.15, 0.2) is 18.2 Å². The number of benzene rings is 1. The van der Waals surface area contributed by atoms with E-state index in [1.807, 2.05) is 0 Å². The van der Waals surface area contributed by atoms with Gasteiger partial charge in [0.1, 0.15) is 5.75 Å². The van der Waals surface area contributed by atoms with Crippen LogP contribution in [-0.2, 0) is 9.84 Å². The van der Waals surface area contributed by atoms with Crippen LogP contribution in [0.2, 0.25) is 0 Å². The molecule has 1 atom stereocenters. The third-order valence-electron chi connectivity index (χ3n) is 2.59. The summed E-state index contributed by atoms with van der Waals surface area (Å²) in [5, 5.41) is 11.1. The fourth-order valence-corrected chi connectivity index (χ4v) is 2.62. The maximum Gasteiger partial charge on any atom is 0.252 e. The Labute approximate surface area is 117 Å². The molecule has 0 aromatic heterocycles. The predicted octanol–water partition coefficient (Wildman–Crippen LogP) is 1.46. The molecule has 0 amide bonds. The minimum Gasteiger partial charge on any atom is -0.493 e. The lowest BCUT2D eigenvalue weighted by atomic mass is 10.1. The van der Waals surface area contributed by atoms with E-state index in [2.05, 4.69) is 0 Å². The molecule has 112 valence electrons. The second kappa shape index (κ2) is 6.56. The third-order valence-corrected chi connectivity index (χ3v) is 3.51. The van der Waals surface area contributed by atoms with E-state index in [-0.39, 0.29) is 5.56 Å². The zero-order valence-electron chi connectivity index (χ0n) is 11.5. The van der Waals surface area contributed by atoms with Gasteiger partial charge in [-0.1, -0.05) is 0 Å². The van der Waals surface area contributed by atoms with Gasteiger partial charge >= 0.3 is 0 Å². The first kappa shape index (κ1) is 16.2. The quantitative estimate of drug-likeness (QED) is 0.559. The molecule has 0 radical (unpaired) electrons. The van der Waals surface area contributed by atoms with Gasteiger partial charge in [-0.3, -0.25) is 10.1 Å². The van der Waals surface area contributed by atoms with Crippen LogP contribution in [0.5, 0.6) is 11.5 Å². The Balaban J connectivity index is 3.20. The van der Waals surface area contributed by atoms with Gasteiger partial charge in [0.05, 0.1) is 13.7 Å². The van der Waals surface area contributed by atoms with Crippen molar-refractivity contribution in [1.82, 2.24) is 0 Å². The Bertz CT molecular complexity index is 584. The SMILES string of the molecule is CCOc1cc([C@H](CS(C)(=O)=O)[N+](=O)[O-])ccc1OC. The minimum absolute atomic E-state index is 0.268. The Kier molecular flexibility index (Phi) is 5.32. The smallest absolute Gasteiger partial charge is 0.252 e. The van der Waals surface area contributed by atoms with Crippen molar-refractivity contribution in [2.45, 2.75) is 13.0 Å². The van der Waals surface area contributed by atoms with E-state index in [0.717, 1.165) is 6.26 Å². The molecule has 1 aromatic rings. The first-order valence-electron chi connectivity index (χ1n) is 5.90. The van der Waals surface area contributed by atoms with Crippen LogP contribution in [0.25, 0.3) is 0 Å². The lowest BCUT2D eigenvalue weighted by Gasteiger charge is -2.13. The molecule has 20 heavy (non-hydrogen) atoms. The Morgan fingerprint density at radius 2 is 2.00 bits per heavy atom. The molecular formula is C12H17NO6S. The van der Waals surface area contributed by atoms with Crippen molar-refractivity contribution >= 4 is 9.84 Å². The number of sulfone groups is 1. The molecule has 1 rings (SSSR count). The predicted molar refractivity (Wildman–Crippen MR) is 73.6 cm³/mol. The molecule has 0 N–H and O–H groups in total. The van der Waals surface area contributed by atoms with Gasteiger partial charge < -0.3 is 9.47 Å². The second-order valence-corrected chi connectivity index (χ2v) is 6.42. The molecule has 0 saturated heterocycles. The van der Waals surface area contributed by atoms with E-state index < -0.39 is 26.6 Å². The molecule has 0 aliphatic heterocycles. The first-order chi connectivity index (χ1) is 9.28. The molecule has 0 spiro atoms. The minimum atomic E-state index is -3.47. The highest BCUT2D eigenvalue weighted by molar-refractivity contribution is 7.90. The van der Waals surface area contributed by atoms with Crippen molar-refractivity contribution in [2.24, 2.45) is 0 Å². The Morgan fingerprint density at radius 3 is 2.45 bits per heavy atom. The highest BCUT2D eigenvalue weighted by Gasteiger charge is 2.28. The highest BCUT2D eigenvalue weighted by atomic mass is 32.2. The van der Waals surface area contributed by atoms with Crippen LogP contribution in [0.4, 0.5) is 0 Å². The Morgan fingerprint density at radius 1 is 1.35 bits per heavy atom. The van der Waals surface area contributed by atoms with Crippen molar-refractivity contribution in [3.8, 4) is 11.5 Å². The summed E-state index contributed by atoms with van der Waals surface area (Å²) in [4.78, 5) is 10.5. The number of hydrogen-bond donors (Lipinski definition) is 0. The number of nitro groups is 1. The molecule has 0 unspecified atom stereocenters. The summed E-state index contributed by atoms with van der Waals surface area (Å²) < 4.78 is 33.0. The molecule has 8 heteroatoms. The fourth-order valence-electron chi connectivity index (χ4n) is 1.73. The fraction of sp³-hybridized carbons (Fsp3) is 0.500. The summed E-state index contributed by atoms with van der Waals surface area (Å²) in [5.74, 6) is 0.239. The van der Waals surface area contributed by atoms with Crippen molar-refractivity contribution in [3.05, 3.63) is 33.9 Å². The van der Waals surface area contributed by atoms with E-state index in [1.54, 1.807) is 6.92 Å². The molecule has 0 fully saturated rings. The van der Waals surface area contributed by atoms with Crippen LogP contribution in [-0.4, -0.2) is 39.1 Å². The van der Waals surface area contributed by atoms with Gasteiger partial charge in [-0.05, 0) is 25.1 Å². The lowest BCUT2D eigenvalue weighted by Crippen LogP contribution is -2.20. The standard InChI is InChI=1S/C12H17NO6S/c1-4-19-12-7-9(5-6-11(12)18-2)10(13(14)15)8-20(3,16)17/h5-7,10H,4,8H2,1-3H3/t10-/m0/s1. The van der Waals surface area contributed by atoms with Gasteiger partial charge in [0.15, 0.2) is 21.3 Å². The summed E-state index contributed by atoms with van der Waals surface area (Å²) in [6, 6.07) is 3.12. The topological polar surface area (TPSA) is 95.7 Å². The van der Waals surface area contributed by atoms with E-state index >= 15 is 0 Å². The summed E-state index contributed by atoms with van der Waals surface area (Å²) >= 11 is 0. The third kappa shape index (κ3) is 4.37. The summed E-state index contributed by atoms with van der Waals surface area (Å²) in [5.41, 5.74) is 0.268. The van der Waals surface area contributed by atoms with Crippen LogP contribution in [0.3, 0.4) is 0 Å². The van der Waals surface area contributed by atoms with E-state index in [0.29, 0.717) is 18.1 Å². The van der Waals surface area contributed by atoms with Crippen molar-refractivity contribution in [2.75, 3.05) is 25.7 Å². The molecule has 0 aliphatic carbocycles. The lowest BCUT2D eigenvalue weighted by molar-refractivity contribution is -0.523. The van der Waals surface area contributed by atoms with Gasteiger partial charge in [0, 0.05) is 16.7 Å². The maximum absolute atomic E-state index is 11.3. The van der Waals surface area contributed by atoms with Crippen LogP contribution in [0.1, 0.15) is 18.5 Å². The highest BCUT2D eigenvalue weighted by Crippen LogP contribution is 2.31. The van der Waals surface area contributed by atoms with Crippen molar-refractivity contribution < 1.29 is 22.8 Å². The molecule has 0 aliphatic rings. The Hall–Kier alpha value is -1.83. The summed E-state index contributed by atoms with van der Waals surface area (Å²) in [7, 11) is -2.01. The zero-order chi connectivity index (χ0) is 15.3. The number of ether oxygens (including phenoxy) is 2. The van der Waals surface area contributed by atoms with Gasteiger partial charge in [-0.25, -0.2) is 8.42 Å². The van der Waals surface area contributed by atoms with Gasteiger partial charge in [0.2, 0.25) is 0 Å². The van der Waals surface area contributed by atoms with E-state index in [9.17, 15) is 18.5 Å². The molecule has 0 heterocycles. The van der Waals surface area contributed by atoms with Crippen LogP contribution >= 0.6 is 0 Å². The first-order valence-corrected chi connectivity index (χ1v) is 7.96. The van der Waals surface area contributed by atoms with Gasteiger partial charge in [-0.2, -0.15) is 0 Å². The maximum atomic E-state index is 11.3. The van der Waals surface area contributed by atoms with Crippen molar-refractivity contribution in [3.63, 3.8) is 0 Å². The number of hydrogen-bond acceptors (Lipinski definition) is 6. The molecular weight excluding hydrogens is 286 g/mol. The summed E-state index contributed by atoms with van der Waals surface area (Å²) in [6.07, 6.45) is 0.969. The molecule has 1 aromatic carbocycles. The van der Waals surface area contributed by atoms with Gasteiger partial charge in [-0.15, -0.1) is 0 Å². The average Bonchev–Trinajstić information content (AvgIpc) is 2.35. The molecule has 0 bridgehead atoms. The second-order valence-electron chi connectivity index (χ2n) is 4.24. The zero-order valence-corrected chi connectivity index (χ0v) is 12.3. The van der Waals surface area contributed by atoms with Crippen LogP contribution < -0.4 is 9.47 Å². The summed E-state index contributed by atoms with van der Waals surface area (Å²) in [6.45, 7) is 2.14. The molecule has 7 nitrogen and oxygen atoms in total. The van der Waals surface area contributed by atoms with Gasteiger partial charge in [0.25, 0.3) is 6.04 Å². The molecule has 0 saturated carbocycles. The van der Waals surface area contributed by atoms with E-state index in [1.165, 1.54) is 25.3 Å². The van der Waals surface area contributed by atoms with E-state index in [4.69, 9.17) is 9.47 Å².